The lowest BCUT2D eigenvalue weighted by atomic mass is 10.4. The first-order chi connectivity index (χ1) is 12.0. The largest absolute Gasteiger partial charge is 0.468 e. The van der Waals surface area contributed by atoms with E-state index in [-0.39, 0.29) is 13.2 Å². The third kappa shape index (κ3) is 5.63. The van der Waals surface area contributed by atoms with Gasteiger partial charge in [0.05, 0.1) is 6.26 Å². The third-order valence-electron chi connectivity index (χ3n) is 2.98. The second kappa shape index (κ2) is 8.08. The Morgan fingerprint density at radius 1 is 1.24 bits per heavy atom. The standard InChI is InChI=1S/C13H17N5O4S3/c1-25(19,20)22-6-5-21-13-17-10(8-24-13)9-7-23-12(16-9)18-11-14-3-2-4-15-11/h7-8H,2-6H2,1H3,(H2,14,15,16,18). The van der Waals surface area contributed by atoms with Crippen LogP contribution in [0.2, 0.25) is 0 Å². The van der Waals surface area contributed by atoms with Crippen LogP contribution in [-0.4, -0.2) is 56.9 Å². The van der Waals surface area contributed by atoms with Crippen LogP contribution in [0.4, 0.5) is 5.13 Å². The number of nitrogens with one attached hydrogen (secondary N) is 2. The van der Waals surface area contributed by atoms with Crippen LogP contribution < -0.4 is 15.4 Å². The topological polar surface area (TPSA) is 115 Å². The summed E-state index contributed by atoms with van der Waals surface area (Å²) in [5.41, 5.74) is 1.44. The molecule has 1 aliphatic heterocycles. The minimum absolute atomic E-state index is 0.0480. The maximum Gasteiger partial charge on any atom is 0.273 e. The fraction of sp³-hybridized carbons (Fsp3) is 0.462. The van der Waals surface area contributed by atoms with Crippen molar-refractivity contribution in [3.05, 3.63) is 10.8 Å². The van der Waals surface area contributed by atoms with Gasteiger partial charge in [-0.1, -0.05) is 11.3 Å². The summed E-state index contributed by atoms with van der Waals surface area (Å²) >= 11 is 2.78. The second-order valence-electron chi connectivity index (χ2n) is 5.05. The molecule has 0 aliphatic carbocycles. The van der Waals surface area contributed by atoms with E-state index in [1.165, 1.54) is 22.7 Å². The number of rotatable bonds is 7. The number of anilines is 1. The van der Waals surface area contributed by atoms with Gasteiger partial charge >= 0.3 is 0 Å². The number of hydrogen-bond donors (Lipinski definition) is 2. The average Bonchev–Trinajstić information content (AvgIpc) is 3.21. The molecule has 2 aromatic heterocycles. The summed E-state index contributed by atoms with van der Waals surface area (Å²) in [6.45, 7) is 1.77. The van der Waals surface area contributed by atoms with Crippen LogP contribution in [0.15, 0.2) is 15.8 Å². The van der Waals surface area contributed by atoms with E-state index < -0.39 is 10.1 Å². The summed E-state index contributed by atoms with van der Waals surface area (Å²) in [6, 6.07) is 0. The lowest BCUT2D eigenvalue weighted by molar-refractivity contribution is 0.222. The van der Waals surface area contributed by atoms with Gasteiger partial charge in [0.15, 0.2) is 11.1 Å². The summed E-state index contributed by atoms with van der Waals surface area (Å²) < 4.78 is 31.7. The van der Waals surface area contributed by atoms with Gasteiger partial charge in [0.1, 0.15) is 24.6 Å². The molecular formula is C13H17N5O4S3. The first-order valence-electron chi connectivity index (χ1n) is 7.43. The van der Waals surface area contributed by atoms with Crippen molar-refractivity contribution in [2.45, 2.75) is 6.42 Å². The molecule has 3 rings (SSSR count). The highest BCUT2D eigenvalue weighted by molar-refractivity contribution is 7.85. The molecule has 0 unspecified atom stereocenters. The molecule has 1 aliphatic rings. The Morgan fingerprint density at radius 2 is 2.04 bits per heavy atom. The molecule has 0 amide bonds. The van der Waals surface area contributed by atoms with E-state index in [2.05, 4.69) is 29.8 Å². The second-order valence-corrected chi connectivity index (χ2v) is 8.37. The van der Waals surface area contributed by atoms with E-state index in [9.17, 15) is 8.42 Å². The predicted molar refractivity (Wildman–Crippen MR) is 98.1 cm³/mol. The number of aliphatic imine (C=N–C) groups is 1. The van der Waals surface area contributed by atoms with Gasteiger partial charge in [-0.25, -0.2) is 9.97 Å². The van der Waals surface area contributed by atoms with Gasteiger partial charge in [0.25, 0.3) is 15.3 Å². The van der Waals surface area contributed by atoms with Crippen LogP contribution in [0.5, 0.6) is 5.19 Å². The van der Waals surface area contributed by atoms with Crippen LogP contribution in [0.25, 0.3) is 11.4 Å². The summed E-state index contributed by atoms with van der Waals surface area (Å²) in [4.78, 5) is 13.2. The lowest BCUT2D eigenvalue weighted by Gasteiger charge is -2.13. The fourth-order valence-electron chi connectivity index (χ4n) is 1.92. The molecule has 9 nitrogen and oxygen atoms in total. The van der Waals surface area contributed by atoms with Crippen molar-refractivity contribution >= 4 is 43.9 Å². The molecule has 0 bridgehead atoms. The van der Waals surface area contributed by atoms with Crippen molar-refractivity contribution in [2.75, 3.05) is 37.9 Å². The van der Waals surface area contributed by atoms with Gasteiger partial charge in [-0.2, -0.15) is 8.42 Å². The minimum Gasteiger partial charge on any atom is -0.468 e. The molecule has 2 aromatic rings. The quantitative estimate of drug-likeness (QED) is 0.526. The van der Waals surface area contributed by atoms with Crippen molar-refractivity contribution in [1.82, 2.24) is 15.3 Å². The van der Waals surface area contributed by atoms with Crippen molar-refractivity contribution < 1.29 is 17.3 Å². The van der Waals surface area contributed by atoms with Crippen LogP contribution >= 0.6 is 22.7 Å². The first kappa shape index (κ1) is 18.0. The predicted octanol–water partition coefficient (Wildman–Crippen LogP) is 1.38. The molecule has 0 spiro atoms. The van der Waals surface area contributed by atoms with Crippen molar-refractivity contribution in [3.8, 4) is 16.6 Å². The van der Waals surface area contributed by atoms with Gasteiger partial charge in [-0.15, -0.1) is 11.3 Å². The number of guanidine groups is 1. The van der Waals surface area contributed by atoms with Crippen LogP contribution in [0, 0.1) is 0 Å². The molecular weight excluding hydrogens is 386 g/mol. The van der Waals surface area contributed by atoms with Crippen molar-refractivity contribution in [1.29, 1.82) is 0 Å². The molecule has 12 heteroatoms. The van der Waals surface area contributed by atoms with E-state index in [1.54, 1.807) is 0 Å². The van der Waals surface area contributed by atoms with Crippen LogP contribution in [0.3, 0.4) is 0 Å². The summed E-state index contributed by atoms with van der Waals surface area (Å²) in [5.74, 6) is 0.736. The third-order valence-corrected chi connectivity index (χ3v) is 5.08. The zero-order valence-corrected chi connectivity index (χ0v) is 15.8. The van der Waals surface area contributed by atoms with Crippen molar-refractivity contribution in [2.24, 2.45) is 4.99 Å². The monoisotopic (exact) mass is 403 g/mol. The Kier molecular flexibility index (Phi) is 5.83. The normalized spacial score (nSPS) is 14.7. The van der Waals surface area contributed by atoms with Gasteiger partial charge in [-0.05, 0) is 6.42 Å². The highest BCUT2D eigenvalue weighted by atomic mass is 32.2. The van der Waals surface area contributed by atoms with E-state index in [4.69, 9.17) is 4.74 Å². The number of ether oxygens (including phenoxy) is 1. The highest BCUT2D eigenvalue weighted by Crippen LogP contribution is 2.29. The molecule has 0 saturated heterocycles. The molecule has 25 heavy (non-hydrogen) atoms. The number of nitrogens with zero attached hydrogens (tertiary/aromatic N) is 3. The molecule has 3 heterocycles. The highest BCUT2D eigenvalue weighted by Gasteiger charge is 2.12. The number of aromatic nitrogens is 2. The van der Waals surface area contributed by atoms with Gasteiger partial charge < -0.3 is 15.4 Å². The van der Waals surface area contributed by atoms with Crippen LogP contribution in [0.1, 0.15) is 6.42 Å². The first-order valence-corrected chi connectivity index (χ1v) is 11.0. The molecule has 2 N–H and O–H groups in total. The van der Waals surface area contributed by atoms with Crippen molar-refractivity contribution in [3.63, 3.8) is 0 Å². The maximum absolute atomic E-state index is 10.9. The van der Waals surface area contributed by atoms with E-state index >= 15 is 0 Å². The van der Waals surface area contributed by atoms with E-state index in [0.717, 1.165) is 42.6 Å². The zero-order chi connectivity index (χ0) is 17.7. The SMILES string of the molecule is CS(=O)(=O)OCCOc1nc(-c2csc(NC3=NCCCN3)n2)cs1. The van der Waals surface area contributed by atoms with Gasteiger partial charge in [0.2, 0.25) is 0 Å². The molecule has 0 aromatic carbocycles. The van der Waals surface area contributed by atoms with Gasteiger partial charge in [-0.3, -0.25) is 9.18 Å². The van der Waals surface area contributed by atoms with Crippen LogP contribution in [-0.2, 0) is 14.3 Å². The Morgan fingerprint density at radius 3 is 2.80 bits per heavy atom. The lowest BCUT2D eigenvalue weighted by Crippen LogP contribution is -2.35. The van der Waals surface area contributed by atoms with Gasteiger partial charge in [0, 0.05) is 23.8 Å². The molecule has 136 valence electrons. The number of thiazole rings is 2. The minimum atomic E-state index is -3.45. The Hall–Kier alpha value is -1.76. The maximum atomic E-state index is 10.9. The zero-order valence-electron chi connectivity index (χ0n) is 13.4. The Labute approximate surface area is 153 Å². The molecule has 0 saturated carbocycles. The average molecular weight is 404 g/mol. The Bertz CT molecular complexity index is 845. The summed E-state index contributed by atoms with van der Waals surface area (Å²) in [7, 11) is -3.45. The Balaban J connectivity index is 1.54. The van der Waals surface area contributed by atoms with E-state index in [0.29, 0.717) is 10.9 Å². The van der Waals surface area contributed by atoms with E-state index in [1.807, 2.05) is 10.8 Å². The fourth-order valence-corrected chi connectivity index (χ4v) is 3.68. The summed E-state index contributed by atoms with van der Waals surface area (Å²) in [5, 5.41) is 11.2. The number of hydrogen-bond acceptors (Lipinski definition) is 11. The molecule has 0 fully saturated rings. The summed E-state index contributed by atoms with van der Waals surface area (Å²) in [6.07, 6.45) is 2.03. The smallest absolute Gasteiger partial charge is 0.273 e. The molecule has 0 radical (unpaired) electrons. The molecule has 0 atom stereocenters.